The molecule has 0 radical (unpaired) electrons. The Morgan fingerprint density at radius 3 is 2.14 bits per heavy atom. The number of halogens is 1. The maximum Gasteiger partial charge on any atom is 0.261 e. The van der Waals surface area contributed by atoms with E-state index in [1.54, 1.807) is 25.3 Å². The van der Waals surface area contributed by atoms with Gasteiger partial charge in [0.25, 0.3) is 10.0 Å². The predicted molar refractivity (Wildman–Crippen MR) is 97.2 cm³/mol. The Morgan fingerprint density at radius 2 is 1.64 bits per heavy atom. The Kier molecular flexibility index (Phi) is 5.01. The van der Waals surface area contributed by atoms with Crippen LogP contribution in [0, 0.1) is 24.3 Å². The number of nitrogens with one attached hydrogen (secondary N) is 1. The van der Waals surface area contributed by atoms with Crippen LogP contribution in [0.5, 0.6) is 5.75 Å². The summed E-state index contributed by atoms with van der Waals surface area (Å²) in [7, 11) is -2.07. The number of hydrogen-bond donors (Lipinski definition) is 1. The van der Waals surface area contributed by atoms with Crippen LogP contribution in [0.1, 0.15) is 16.7 Å². The summed E-state index contributed by atoms with van der Waals surface area (Å²) in [5.74, 6) is 0.655. The van der Waals surface area contributed by atoms with Gasteiger partial charge in [-0.2, -0.15) is 0 Å². The van der Waals surface area contributed by atoms with Gasteiger partial charge < -0.3 is 4.74 Å². The van der Waals surface area contributed by atoms with Crippen LogP contribution >= 0.6 is 22.6 Å². The summed E-state index contributed by atoms with van der Waals surface area (Å²) in [5, 5.41) is 0. The summed E-state index contributed by atoms with van der Waals surface area (Å²) in [4.78, 5) is 0.220. The maximum absolute atomic E-state index is 12.6. The topological polar surface area (TPSA) is 55.4 Å². The van der Waals surface area contributed by atoms with E-state index in [0.29, 0.717) is 11.4 Å². The molecule has 6 heteroatoms. The largest absolute Gasteiger partial charge is 0.496 e. The quantitative estimate of drug-likeness (QED) is 0.744. The summed E-state index contributed by atoms with van der Waals surface area (Å²) in [6, 6.07) is 8.72. The molecule has 0 saturated heterocycles. The molecule has 1 N–H and O–H groups in total. The van der Waals surface area contributed by atoms with Gasteiger partial charge in [-0.25, -0.2) is 8.42 Å². The second-order valence-electron chi connectivity index (χ2n) is 5.18. The van der Waals surface area contributed by atoms with E-state index in [0.717, 1.165) is 20.3 Å². The molecule has 0 saturated carbocycles. The first-order chi connectivity index (χ1) is 10.2. The third kappa shape index (κ3) is 3.55. The fourth-order valence-electron chi connectivity index (χ4n) is 2.35. The average Bonchev–Trinajstić information content (AvgIpc) is 2.42. The summed E-state index contributed by atoms with van der Waals surface area (Å²) in [6.45, 7) is 5.79. The number of aryl methyl sites for hydroxylation is 3. The highest BCUT2D eigenvalue weighted by atomic mass is 127. The van der Waals surface area contributed by atoms with Crippen LogP contribution in [0.15, 0.2) is 35.2 Å². The molecule has 0 bridgehead atoms. The normalized spacial score (nSPS) is 11.3. The van der Waals surface area contributed by atoms with E-state index in [-0.39, 0.29) is 4.90 Å². The zero-order chi connectivity index (χ0) is 16.5. The highest BCUT2D eigenvalue weighted by molar-refractivity contribution is 14.1. The minimum absolute atomic E-state index is 0.220. The zero-order valence-electron chi connectivity index (χ0n) is 12.9. The van der Waals surface area contributed by atoms with Crippen LogP contribution < -0.4 is 9.46 Å². The number of anilines is 1. The number of rotatable bonds is 4. The molecule has 0 fully saturated rings. The molecule has 0 unspecified atom stereocenters. The van der Waals surface area contributed by atoms with Crippen molar-refractivity contribution in [2.24, 2.45) is 0 Å². The zero-order valence-corrected chi connectivity index (χ0v) is 15.9. The Hall–Kier alpha value is -1.28. The molecule has 4 nitrogen and oxygen atoms in total. The van der Waals surface area contributed by atoms with Crippen LogP contribution in [0.25, 0.3) is 0 Å². The monoisotopic (exact) mass is 431 g/mol. The molecular weight excluding hydrogens is 413 g/mol. The third-order valence-corrected chi connectivity index (χ3v) is 5.54. The molecule has 0 heterocycles. The van der Waals surface area contributed by atoms with E-state index in [1.807, 2.05) is 32.9 Å². The summed E-state index contributed by atoms with van der Waals surface area (Å²) in [5.41, 5.74) is 3.56. The minimum Gasteiger partial charge on any atom is -0.496 e. The van der Waals surface area contributed by atoms with Crippen molar-refractivity contribution in [1.82, 2.24) is 0 Å². The molecule has 0 aliphatic rings. The molecule has 0 spiro atoms. The molecule has 22 heavy (non-hydrogen) atoms. The molecule has 0 atom stereocenters. The second-order valence-corrected chi connectivity index (χ2v) is 8.02. The van der Waals surface area contributed by atoms with Gasteiger partial charge >= 0.3 is 0 Å². The van der Waals surface area contributed by atoms with Gasteiger partial charge in [0.15, 0.2) is 0 Å². The van der Waals surface area contributed by atoms with Gasteiger partial charge in [-0.15, -0.1) is 0 Å². The number of methoxy groups -OCH3 is 1. The Labute approximate surface area is 145 Å². The molecular formula is C16H18INO3S. The van der Waals surface area contributed by atoms with Crippen molar-refractivity contribution in [1.29, 1.82) is 0 Å². The molecule has 118 valence electrons. The van der Waals surface area contributed by atoms with Gasteiger partial charge in [0.05, 0.1) is 21.3 Å². The summed E-state index contributed by atoms with van der Waals surface area (Å²) < 4.78 is 33.8. The third-order valence-electron chi connectivity index (χ3n) is 3.35. The highest BCUT2D eigenvalue weighted by Gasteiger charge is 2.18. The van der Waals surface area contributed by atoms with E-state index in [1.165, 1.54) is 0 Å². The van der Waals surface area contributed by atoms with Crippen LogP contribution in [-0.2, 0) is 10.0 Å². The van der Waals surface area contributed by atoms with Crippen molar-refractivity contribution in [2.75, 3.05) is 11.8 Å². The molecule has 2 rings (SSSR count). The average molecular weight is 431 g/mol. The first-order valence-electron chi connectivity index (χ1n) is 6.69. The fraction of sp³-hybridized carbons (Fsp3) is 0.250. The lowest BCUT2D eigenvalue weighted by molar-refractivity contribution is 0.411. The van der Waals surface area contributed by atoms with Crippen molar-refractivity contribution >= 4 is 38.3 Å². The number of sulfonamides is 1. The van der Waals surface area contributed by atoms with E-state index < -0.39 is 10.0 Å². The molecule has 0 amide bonds. The van der Waals surface area contributed by atoms with Crippen LogP contribution in [0.3, 0.4) is 0 Å². The van der Waals surface area contributed by atoms with Crippen molar-refractivity contribution in [3.8, 4) is 5.75 Å². The lowest BCUT2D eigenvalue weighted by atomic mass is 10.1. The molecule has 0 aromatic heterocycles. The molecule has 0 aliphatic carbocycles. The SMILES string of the molecule is COc1ccc(S(=O)(=O)Nc2c(C)cc(C)cc2C)cc1I. The lowest BCUT2D eigenvalue weighted by Gasteiger charge is -2.15. The predicted octanol–water partition coefficient (Wildman–Crippen LogP) is 4.03. The van der Waals surface area contributed by atoms with Gasteiger partial charge in [0, 0.05) is 0 Å². The van der Waals surface area contributed by atoms with Crippen LogP contribution in [0.4, 0.5) is 5.69 Å². The fourth-order valence-corrected chi connectivity index (χ4v) is 4.52. The van der Waals surface area contributed by atoms with Gasteiger partial charge in [0.1, 0.15) is 5.75 Å². The van der Waals surface area contributed by atoms with Gasteiger partial charge in [0.2, 0.25) is 0 Å². The first-order valence-corrected chi connectivity index (χ1v) is 9.25. The van der Waals surface area contributed by atoms with Crippen molar-refractivity contribution in [3.05, 3.63) is 50.6 Å². The number of hydrogen-bond acceptors (Lipinski definition) is 3. The molecule has 2 aromatic carbocycles. The van der Waals surface area contributed by atoms with E-state index >= 15 is 0 Å². The molecule has 0 aliphatic heterocycles. The lowest BCUT2D eigenvalue weighted by Crippen LogP contribution is -2.15. The summed E-state index contributed by atoms with van der Waals surface area (Å²) in [6.07, 6.45) is 0. The van der Waals surface area contributed by atoms with E-state index in [9.17, 15) is 8.42 Å². The summed E-state index contributed by atoms with van der Waals surface area (Å²) >= 11 is 2.06. The van der Waals surface area contributed by atoms with Crippen molar-refractivity contribution < 1.29 is 13.2 Å². The smallest absolute Gasteiger partial charge is 0.261 e. The van der Waals surface area contributed by atoms with Gasteiger partial charge in [-0.3, -0.25) is 4.72 Å². The van der Waals surface area contributed by atoms with E-state index in [4.69, 9.17) is 4.74 Å². The Balaban J connectivity index is 2.42. The molecule has 2 aromatic rings. The first kappa shape index (κ1) is 17.1. The van der Waals surface area contributed by atoms with E-state index in [2.05, 4.69) is 27.3 Å². The number of benzene rings is 2. The number of ether oxygens (including phenoxy) is 1. The maximum atomic E-state index is 12.6. The van der Waals surface area contributed by atoms with Gasteiger partial charge in [-0.05, 0) is 72.7 Å². The minimum atomic E-state index is -3.63. The van der Waals surface area contributed by atoms with Crippen LogP contribution in [-0.4, -0.2) is 15.5 Å². The Bertz CT molecular complexity index is 793. The second kappa shape index (κ2) is 6.45. The van der Waals surface area contributed by atoms with Crippen molar-refractivity contribution in [3.63, 3.8) is 0 Å². The standard InChI is InChI=1S/C16H18INO3S/c1-10-7-11(2)16(12(3)8-10)18-22(19,20)13-5-6-15(21-4)14(17)9-13/h5-9,18H,1-4H3. The highest BCUT2D eigenvalue weighted by Crippen LogP contribution is 2.28. The Morgan fingerprint density at radius 1 is 1.05 bits per heavy atom. The van der Waals surface area contributed by atoms with Crippen LogP contribution in [0.2, 0.25) is 0 Å². The van der Waals surface area contributed by atoms with Gasteiger partial charge in [-0.1, -0.05) is 17.7 Å². The van der Waals surface area contributed by atoms with Crippen molar-refractivity contribution in [2.45, 2.75) is 25.7 Å².